The number of hydrogen-bond acceptors (Lipinski definition) is 3. The molecule has 1 fully saturated rings. The minimum atomic E-state index is 0.195. The van der Waals surface area contributed by atoms with E-state index in [1.807, 2.05) is 36.4 Å². The van der Waals surface area contributed by atoms with E-state index < -0.39 is 0 Å². The third-order valence-electron chi connectivity index (χ3n) is 5.65. The van der Waals surface area contributed by atoms with E-state index in [1.165, 1.54) is 19.3 Å². The van der Waals surface area contributed by atoms with Crippen LogP contribution in [0.15, 0.2) is 48.5 Å². The van der Waals surface area contributed by atoms with Crippen LogP contribution in [-0.2, 0) is 11.3 Å². The average molecular weight is 398 g/mol. The summed E-state index contributed by atoms with van der Waals surface area (Å²) in [7, 11) is 5.35. The average Bonchev–Trinajstić information content (AvgIpc) is 2.75. The first-order chi connectivity index (χ1) is 14.1. The number of rotatable bonds is 8. The minimum Gasteiger partial charge on any atom is -0.493 e. The van der Waals surface area contributed by atoms with Gasteiger partial charge >= 0.3 is 0 Å². The van der Waals surface area contributed by atoms with Crippen molar-refractivity contribution in [3.63, 3.8) is 0 Å². The number of hydrogen-bond donors (Lipinski definition) is 1. The molecular formula is C24H33N2O3+. The fourth-order valence-corrected chi connectivity index (χ4v) is 4.23. The first-order valence-electron chi connectivity index (χ1n) is 10.5. The third kappa shape index (κ3) is 5.51. The Kier molecular flexibility index (Phi) is 7.53. The van der Waals surface area contributed by atoms with Crippen molar-refractivity contribution < 1.29 is 19.2 Å². The number of nitrogens with zero attached hydrogens (tertiary/aromatic N) is 1. The molecule has 156 valence electrons. The second kappa shape index (κ2) is 10.3. The molecule has 0 saturated heterocycles. The number of amides is 1. The van der Waals surface area contributed by atoms with Crippen LogP contribution in [0.3, 0.4) is 0 Å². The van der Waals surface area contributed by atoms with Crippen molar-refractivity contribution in [2.45, 2.75) is 44.7 Å². The normalized spacial score (nSPS) is 15.6. The molecule has 0 spiro atoms. The van der Waals surface area contributed by atoms with E-state index >= 15 is 0 Å². The second-order valence-corrected chi connectivity index (χ2v) is 7.89. The van der Waals surface area contributed by atoms with Gasteiger partial charge in [0.15, 0.2) is 18.0 Å². The zero-order valence-corrected chi connectivity index (χ0v) is 17.8. The summed E-state index contributed by atoms with van der Waals surface area (Å²) in [6.07, 6.45) is 5.87. The Morgan fingerprint density at radius 1 is 1.00 bits per heavy atom. The van der Waals surface area contributed by atoms with Crippen molar-refractivity contribution in [2.24, 2.45) is 0 Å². The Bertz CT molecular complexity index is 788. The van der Waals surface area contributed by atoms with Crippen molar-refractivity contribution >= 4 is 11.6 Å². The second-order valence-electron chi connectivity index (χ2n) is 7.89. The molecule has 0 aliphatic heterocycles. The lowest BCUT2D eigenvalue weighted by atomic mass is 9.93. The molecule has 1 saturated carbocycles. The molecule has 5 heteroatoms. The van der Waals surface area contributed by atoms with E-state index in [2.05, 4.69) is 24.1 Å². The molecule has 1 atom stereocenters. The highest BCUT2D eigenvalue weighted by Crippen LogP contribution is 2.28. The van der Waals surface area contributed by atoms with Crippen LogP contribution in [0.5, 0.6) is 11.5 Å². The number of likely N-dealkylation sites (N-methyl/N-ethyl adjacent to an activating group) is 1. The standard InChI is InChI=1S/C24H32N2O3/c1-25(17-19-14-15-22(28-2)23(16-19)29-3)18-24(27)26(20-10-6-4-7-11-20)21-12-8-5-9-13-21/h4,6-7,10-11,14-16,21H,5,8-9,12-13,17-18H2,1-3H3/p+1. The van der Waals surface area contributed by atoms with E-state index in [9.17, 15) is 4.79 Å². The van der Waals surface area contributed by atoms with E-state index in [0.717, 1.165) is 47.0 Å². The van der Waals surface area contributed by atoms with Crippen LogP contribution in [0.2, 0.25) is 0 Å². The Morgan fingerprint density at radius 3 is 2.34 bits per heavy atom. The highest BCUT2D eigenvalue weighted by atomic mass is 16.5. The van der Waals surface area contributed by atoms with E-state index in [4.69, 9.17) is 9.47 Å². The predicted octanol–water partition coefficient (Wildman–Crippen LogP) is 3.08. The van der Waals surface area contributed by atoms with Gasteiger partial charge in [0, 0.05) is 17.3 Å². The molecule has 1 amide bonds. The zero-order valence-electron chi connectivity index (χ0n) is 17.8. The van der Waals surface area contributed by atoms with Gasteiger partial charge in [-0.25, -0.2) is 0 Å². The fraction of sp³-hybridized carbons (Fsp3) is 0.458. The van der Waals surface area contributed by atoms with Gasteiger partial charge in [0.2, 0.25) is 0 Å². The third-order valence-corrected chi connectivity index (χ3v) is 5.65. The van der Waals surface area contributed by atoms with Gasteiger partial charge in [0.25, 0.3) is 5.91 Å². The number of carbonyl (C=O) groups excluding carboxylic acids is 1. The Balaban J connectivity index is 1.70. The number of ether oxygens (including phenoxy) is 2. The Morgan fingerprint density at radius 2 is 1.69 bits per heavy atom. The van der Waals surface area contributed by atoms with Gasteiger partial charge in [-0.1, -0.05) is 37.5 Å². The van der Waals surface area contributed by atoms with E-state index in [1.54, 1.807) is 14.2 Å². The molecule has 0 heterocycles. The van der Waals surface area contributed by atoms with Crippen LogP contribution < -0.4 is 19.3 Å². The van der Waals surface area contributed by atoms with Gasteiger partial charge < -0.3 is 19.3 Å². The number of carbonyl (C=O) groups is 1. The van der Waals surface area contributed by atoms with Crippen LogP contribution in [0.25, 0.3) is 0 Å². The topological polar surface area (TPSA) is 43.2 Å². The largest absolute Gasteiger partial charge is 0.493 e. The van der Waals surface area contributed by atoms with Crippen molar-refractivity contribution in [1.29, 1.82) is 0 Å². The highest BCUT2D eigenvalue weighted by molar-refractivity contribution is 5.94. The lowest BCUT2D eigenvalue weighted by molar-refractivity contribution is -0.885. The summed E-state index contributed by atoms with van der Waals surface area (Å²) in [5.74, 6) is 1.64. The molecule has 1 aliphatic carbocycles. The number of nitrogens with one attached hydrogen (secondary N) is 1. The monoisotopic (exact) mass is 397 g/mol. The van der Waals surface area contributed by atoms with Crippen LogP contribution >= 0.6 is 0 Å². The van der Waals surface area contributed by atoms with Gasteiger partial charge in [-0.05, 0) is 43.2 Å². The SMILES string of the molecule is COc1ccc(C[NH+](C)CC(=O)N(c2ccccc2)C2CCCCC2)cc1OC. The summed E-state index contributed by atoms with van der Waals surface area (Å²) in [6, 6.07) is 16.4. The van der Waals surface area contributed by atoms with Gasteiger partial charge in [-0.3, -0.25) is 4.79 Å². The van der Waals surface area contributed by atoms with Gasteiger partial charge in [-0.2, -0.15) is 0 Å². The van der Waals surface area contributed by atoms with Crippen LogP contribution in [0, 0.1) is 0 Å². The predicted molar refractivity (Wildman–Crippen MR) is 116 cm³/mol. The Labute approximate surface area is 174 Å². The summed E-state index contributed by atoms with van der Waals surface area (Å²) in [5, 5.41) is 0. The first-order valence-corrected chi connectivity index (χ1v) is 10.5. The minimum absolute atomic E-state index is 0.195. The number of anilines is 1. The maximum Gasteiger partial charge on any atom is 0.282 e. The smallest absolute Gasteiger partial charge is 0.282 e. The molecule has 3 rings (SSSR count). The van der Waals surface area contributed by atoms with Crippen LogP contribution in [-0.4, -0.2) is 39.8 Å². The molecule has 2 aromatic carbocycles. The summed E-state index contributed by atoms with van der Waals surface area (Å²) in [4.78, 5) is 16.5. The molecule has 0 radical (unpaired) electrons. The summed E-state index contributed by atoms with van der Waals surface area (Å²) in [5.41, 5.74) is 2.14. The first kappa shape index (κ1) is 21.2. The quantitative estimate of drug-likeness (QED) is 0.744. The van der Waals surface area contributed by atoms with Gasteiger partial charge in [0.05, 0.1) is 21.3 Å². The molecule has 2 aromatic rings. The molecule has 5 nitrogen and oxygen atoms in total. The molecule has 1 N–H and O–H groups in total. The lowest BCUT2D eigenvalue weighted by Crippen LogP contribution is -3.09. The fourth-order valence-electron chi connectivity index (χ4n) is 4.23. The van der Waals surface area contributed by atoms with Crippen molar-refractivity contribution in [3.8, 4) is 11.5 Å². The van der Waals surface area contributed by atoms with Crippen LogP contribution in [0.4, 0.5) is 5.69 Å². The lowest BCUT2D eigenvalue weighted by Gasteiger charge is -2.34. The molecule has 0 bridgehead atoms. The zero-order chi connectivity index (χ0) is 20.6. The maximum absolute atomic E-state index is 13.3. The number of para-hydroxylation sites is 1. The highest BCUT2D eigenvalue weighted by Gasteiger charge is 2.28. The summed E-state index contributed by atoms with van der Waals surface area (Å²) < 4.78 is 10.7. The van der Waals surface area contributed by atoms with Crippen molar-refractivity contribution in [3.05, 3.63) is 54.1 Å². The molecule has 1 unspecified atom stereocenters. The number of methoxy groups -OCH3 is 2. The summed E-state index contributed by atoms with van der Waals surface area (Å²) in [6.45, 7) is 1.21. The van der Waals surface area contributed by atoms with E-state index in [-0.39, 0.29) is 5.91 Å². The van der Waals surface area contributed by atoms with Crippen molar-refractivity contribution in [1.82, 2.24) is 0 Å². The van der Waals surface area contributed by atoms with Crippen molar-refractivity contribution in [2.75, 3.05) is 32.7 Å². The number of quaternary nitrogens is 1. The van der Waals surface area contributed by atoms with Crippen LogP contribution in [0.1, 0.15) is 37.7 Å². The van der Waals surface area contributed by atoms with E-state index in [0.29, 0.717) is 12.6 Å². The van der Waals surface area contributed by atoms with Gasteiger partial charge in [-0.15, -0.1) is 0 Å². The summed E-state index contributed by atoms with van der Waals surface area (Å²) >= 11 is 0. The maximum atomic E-state index is 13.3. The molecule has 29 heavy (non-hydrogen) atoms. The molecule has 0 aromatic heterocycles. The molecular weight excluding hydrogens is 364 g/mol. The number of benzene rings is 2. The van der Waals surface area contributed by atoms with Gasteiger partial charge in [0.1, 0.15) is 6.54 Å². The Hall–Kier alpha value is -2.53. The molecule has 1 aliphatic rings.